The number of ether oxygens (including phenoxy) is 1. The highest BCUT2D eigenvalue weighted by Crippen LogP contribution is 2.27. The lowest BCUT2D eigenvalue weighted by molar-refractivity contribution is -0.156. The third-order valence-corrected chi connectivity index (χ3v) is 7.11. The number of hydrogen-bond acceptors (Lipinski definition) is 6. The number of amides is 1. The van der Waals surface area contributed by atoms with Crippen molar-refractivity contribution >= 4 is 21.9 Å². The number of nitrogens with zero attached hydrogens (tertiary/aromatic N) is 3. The van der Waals surface area contributed by atoms with Crippen LogP contribution in [-0.2, 0) is 14.9 Å². The number of rotatable bonds is 5. The molecule has 0 aliphatic carbocycles. The third-order valence-electron chi connectivity index (χ3n) is 5.12. The Morgan fingerprint density at radius 3 is 2.44 bits per heavy atom. The van der Waals surface area contributed by atoms with Crippen LogP contribution in [-0.4, -0.2) is 84.9 Å². The summed E-state index contributed by atoms with van der Waals surface area (Å²) in [5.74, 6) is -0.392. The molecule has 2 aliphatic heterocycles. The molecule has 2 aliphatic rings. The van der Waals surface area contributed by atoms with Crippen LogP contribution in [0.4, 0.5) is 22.4 Å². The Morgan fingerprint density at radius 2 is 1.88 bits per heavy atom. The Labute approximate surface area is 182 Å². The van der Waals surface area contributed by atoms with E-state index < -0.39 is 47.6 Å². The van der Waals surface area contributed by atoms with Gasteiger partial charge in [0.15, 0.2) is 6.23 Å². The molecule has 9 nitrogen and oxygen atoms in total. The molecule has 178 valence electrons. The van der Waals surface area contributed by atoms with Crippen molar-refractivity contribution in [1.82, 2.24) is 19.0 Å². The van der Waals surface area contributed by atoms with Crippen LogP contribution in [0, 0.1) is 5.82 Å². The molecule has 14 heteroatoms. The number of halogens is 4. The van der Waals surface area contributed by atoms with E-state index in [1.807, 2.05) is 0 Å². The summed E-state index contributed by atoms with van der Waals surface area (Å²) < 4.78 is 84.4. The lowest BCUT2D eigenvalue weighted by Gasteiger charge is -2.41. The van der Waals surface area contributed by atoms with Gasteiger partial charge in [-0.25, -0.2) is 14.7 Å². The van der Waals surface area contributed by atoms with Gasteiger partial charge in [-0.3, -0.25) is 10.1 Å². The van der Waals surface area contributed by atoms with Gasteiger partial charge < -0.3 is 4.74 Å². The molecule has 0 bridgehead atoms. The average molecular weight is 482 g/mol. The molecule has 1 aromatic carbocycles. The number of alkyl halides is 3. The molecule has 3 rings (SSSR count). The van der Waals surface area contributed by atoms with Gasteiger partial charge >= 0.3 is 12.3 Å². The first-order valence-corrected chi connectivity index (χ1v) is 11.0. The highest BCUT2D eigenvalue weighted by Gasteiger charge is 2.43. The second-order valence-corrected chi connectivity index (χ2v) is 9.17. The Kier molecular flexibility index (Phi) is 7.39. The van der Waals surface area contributed by atoms with Crippen LogP contribution in [0.25, 0.3) is 5.57 Å². The molecule has 0 spiro atoms. The van der Waals surface area contributed by atoms with E-state index in [0.29, 0.717) is 6.42 Å². The molecule has 32 heavy (non-hydrogen) atoms. The quantitative estimate of drug-likeness (QED) is 0.377. The minimum absolute atomic E-state index is 0.0171. The lowest BCUT2D eigenvalue weighted by atomic mass is 10.0. The van der Waals surface area contributed by atoms with Crippen molar-refractivity contribution in [3.05, 3.63) is 41.7 Å². The van der Waals surface area contributed by atoms with Crippen LogP contribution in [0.15, 0.2) is 30.3 Å². The van der Waals surface area contributed by atoms with Crippen LogP contribution in [0.3, 0.4) is 0 Å². The number of benzene rings is 1. The molecule has 1 amide bonds. The van der Waals surface area contributed by atoms with Crippen LogP contribution in [0.5, 0.6) is 0 Å². The molecule has 0 radical (unpaired) electrons. The van der Waals surface area contributed by atoms with E-state index in [1.165, 1.54) is 17.6 Å². The summed E-state index contributed by atoms with van der Waals surface area (Å²) in [5.41, 5.74) is 2.77. The second-order valence-electron chi connectivity index (χ2n) is 7.28. The molecule has 0 aromatic heterocycles. The van der Waals surface area contributed by atoms with Gasteiger partial charge in [-0.15, -0.1) is 4.31 Å². The largest absolute Gasteiger partial charge is 0.432 e. The zero-order valence-corrected chi connectivity index (χ0v) is 17.6. The summed E-state index contributed by atoms with van der Waals surface area (Å²) in [5, 5.41) is 8.68. The van der Waals surface area contributed by atoms with Gasteiger partial charge in [-0.05, 0) is 29.7 Å². The maximum Gasteiger partial charge on any atom is 0.432 e. The predicted octanol–water partition coefficient (Wildman–Crippen LogP) is 1.78. The fourth-order valence-corrected chi connectivity index (χ4v) is 5.23. The molecule has 0 saturated carbocycles. The van der Waals surface area contributed by atoms with Crippen molar-refractivity contribution in [3.8, 4) is 0 Å². The zero-order chi connectivity index (χ0) is 23.5. The van der Waals surface area contributed by atoms with Gasteiger partial charge in [0.1, 0.15) is 5.82 Å². The van der Waals surface area contributed by atoms with E-state index in [-0.39, 0.29) is 26.2 Å². The van der Waals surface area contributed by atoms with Gasteiger partial charge in [-0.2, -0.15) is 25.9 Å². The van der Waals surface area contributed by atoms with E-state index >= 15 is 0 Å². The summed E-state index contributed by atoms with van der Waals surface area (Å²) in [6.07, 6.45) is -5.46. The Hall–Kier alpha value is -2.26. The molecule has 1 aromatic rings. The van der Waals surface area contributed by atoms with Crippen molar-refractivity contribution in [1.29, 1.82) is 0 Å². The van der Waals surface area contributed by atoms with Gasteiger partial charge in [0.25, 0.3) is 10.2 Å². The fraction of sp³-hybridized carbons (Fsp3) is 0.500. The lowest BCUT2D eigenvalue weighted by Crippen LogP contribution is -2.61. The minimum Gasteiger partial charge on any atom is -0.426 e. The molecule has 1 atom stereocenters. The molecule has 2 heterocycles. The van der Waals surface area contributed by atoms with Gasteiger partial charge in [0.2, 0.25) is 0 Å². The Balaban J connectivity index is 1.75. The molecule has 0 unspecified atom stereocenters. The summed E-state index contributed by atoms with van der Waals surface area (Å²) >= 11 is 0. The SMILES string of the molecule is O=C(NO)O[C@@H]1CN(CC(F)(F)F)CCN1S(=O)(=O)N1CC=C(c2ccc(F)cc2)CC1. The summed E-state index contributed by atoms with van der Waals surface area (Å²) in [6.45, 7) is -2.31. The van der Waals surface area contributed by atoms with Gasteiger partial charge in [0, 0.05) is 26.2 Å². The highest BCUT2D eigenvalue weighted by molar-refractivity contribution is 7.86. The summed E-state index contributed by atoms with van der Waals surface area (Å²) in [7, 11) is -4.20. The van der Waals surface area contributed by atoms with Crippen molar-refractivity contribution in [3.63, 3.8) is 0 Å². The number of carbonyl (C=O) groups is 1. The number of nitrogens with one attached hydrogen (secondary N) is 1. The fourth-order valence-electron chi connectivity index (χ4n) is 3.63. The maximum absolute atomic E-state index is 13.2. The number of piperazine rings is 1. The third kappa shape index (κ3) is 5.95. The Morgan fingerprint density at radius 1 is 1.19 bits per heavy atom. The van der Waals surface area contributed by atoms with E-state index in [9.17, 15) is 30.8 Å². The van der Waals surface area contributed by atoms with Crippen molar-refractivity contribution < 1.29 is 40.7 Å². The van der Waals surface area contributed by atoms with Gasteiger partial charge in [0.05, 0.1) is 13.1 Å². The van der Waals surface area contributed by atoms with E-state index in [1.54, 1.807) is 18.2 Å². The monoisotopic (exact) mass is 482 g/mol. The number of hydroxylamine groups is 1. The topological polar surface area (TPSA) is 102 Å². The molecule has 1 saturated heterocycles. The zero-order valence-electron chi connectivity index (χ0n) is 16.8. The van der Waals surface area contributed by atoms with Crippen molar-refractivity contribution in [2.75, 3.05) is 39.3 Å². The first-order chi connectivity index (χ1) is 15.0. The first kappa shape index (κ1) is 24.4. The van der Waals surface area contributed by atoms with Crippen LogP contribution in [0.1, 0.15) is 12.0 Å². The van der Waals surface area contributed by atoms with Crippen LogP contribution < -0.4 is 5.48 Å². The summed E-state index contributed by atoms with van der Waals surface area (Å²) in [4.78, 5) is 12.4. The number of carbonyl (C=O) groups excluding carboxylic acids is 1. The smallest absolute Gasteiger partial charge is 0.426 e. The highest BCUT2D eigenvalue weighted by atomic mass is 32.2. The average Bonchev–Trinajstić information content (AvgIpc) is 2.73. The van der Waals surface area contributed by atoms with Crippen molar-refractivity contribution in [2.45, 2.75) is 18.8 Å². The predicted molar refractivity (Wildman–Crippen MR) is 104 cm³/mol. The molecule has 1 fully saturated rings. The Bertz CT molecular complexity index is 955. The second kappa shape index (κ2) is 9.70. The van der Waals surface area contributed by atoms with Crippen LogP contribution >= 0.6 is 0 Å². The minimum atomic E-state index is -4.51. The molecular formula is C18H22F4N4O5S. The molecule has 2 N–H and O–H groups in total. The van der Waals surface area contributed by atoms with Gasteiger partial charge in [-0.1, -0.05) is 18.2 Å². The number of hydrogen-bond donors (Lipinski definition) is 2. The first-order valence-electron chi connectivity index (χ1n) is 9.61. The normalized spacial score (nSPS) is 21.8. The van der Waals surface area contributed by atoms with E-state index in [4.69, 9.17) is 9.94 Å². The molecular weight excluding hydrogens is 460 g/mol. The van der Waals surface area contributed by atoms with E-state index in [2.05, 4.69) is 0 Å². The van der Waals surface area contributed by atoms with Crippen molar-refractivity contribution in [2.24, 2.45) is 0 Å². The standard InChI is InChI=1S/C18H22F4N4O5S/c19-15-3-1-13(2-4-15)14-5-7-25(8-6-14)32(29,30)26-10-9-24(12-18(20,21)22)11-16(26)31-17(27)23-28/h1-5,16,28H,6-12H2,(H,23,27)/t16-/m1/s1. The summed E-state index contributed by atoms with van der Waals surface area (Å²) in [6, 6.07) is 5.77. The van der Waals surface area contributed by atoms with E-state index in [0.717, 1.165) is 24.6 Å². The van der Waals surface area contributed by atoms with Crippen LogP contribution in [0.2, 0.25) is 0 Å². The maximum atomic E-state index is 13.2.